The molecule has 8 heteroatoms. The molecular weight excluding hydrogens is 454 g/mol. The van der Waals surface area contributed by atoms with Gasteiger partial charge < -0.3 is 19.6 Å². The largest absolute Gasteiger partial charge is 0.508 e. The van der Waals surface area contributed by atoms with E-state index in [0.29, 0.717) is 48.0 Å². The monoisotopic (exact) mass is 481 g/mol. The first kappa shape index (κ1) is 23.8. The maximum atomic E-state index is 13.3. The number of rotatable bonds is 4. The molecule has 0 aliphatic carbocycles. The molecule has 0 bridgehead atoms. The van der Waals surface area contributed by atoms with Crippen molar-refractivity contribution in [3.8, 4) is 17.0 Å². The number of aromatic nitrogens is 1. The van der Waals surface area contributed by atoms with Gasteiger partial charge in [-0.1, -0.05) is 24.6 Å². The van der Waals surface area contributed by atoms with Gasteiger partial charge in [-0.15, -0.1) is 0 Å². The quantitative estimate of drug-likeness (QED) is 0.549. The summed E-state index contributed by atoms with van der Waals surface area (Å²) in [6.07, 6.45) is 0.440. The lowest BCUT2D eigenvalue weighted by Gasteiger charge is -2.39. The molecule has 4 rings (SSSR count). The van der Waals surface area contributed by atoms with E-state index in [-0.39, 0.29) is 23.8 Å². The zero-order valence-electron chi connectivity index (χ0n) is 19.5. The summed E-state index contributed by atoms with van der Waals surface area (Å²) in [6, 6.07) is 12.2. The molecular formula is C26H28ClN3O4. The van der Waals surface area contributed by atoms with Crippen LogP contribution in [0.15, 0.2) is 42.5 Å². The van der Waals surface area contributed by atoms with Gasteiger partial charge in [-0.2, -0.15) is 0 Å². The van der Waals surface area contributed by atoms with Crippen molar-refractivity contribution in [2.24, 2.45) is 0 Å². The van der Waals surface area contributed by atoms with Crippen LogP contribution in [0, 0.1) is 6.92 Å². The summed E-state index contributed by atoms with van der Waals surface area (Å²) in [5.74, 6) is 0.107. The van der Waals surface area contributed by atoms with Gasteiger partial charge in [-0.05, 0) is 62.2 Å². The molecule has 1 aromatic heterocycles. The van der Waals surface area contributed by atoms with Crippen LogP contribution in [-0.4, -0.2) is 64.2 Å². The van der Waals surface area contributed by atoms with E-state index in [0.717, 1.165) is 22.9 Å². The molecule has 34 heavy (non-hydrogen) atoms. The minimum Gasteiger partial charge on any atom is -0.508 e. The second-order valence-corrected chi connectivity index (χ2v) is 9.04. The molecule has 7 nitrogen and oxygen atoms in total. The smallest absolute Gasteiger partial charge is 0.410 e. The van der Waals surface area contributed by atoms with Crippen molar-refractivity contribution in [3.05, 3.63) is 58.6 Å². The normalized spacial score (nSPS) is 16.1. The zero-order chi connectivity index (χ0) is 24.4. The molecule has 3 aromatic rings. The Balaban J connectivity index is 1.57. The number of fused-ring (bicyclic) bond motifs is 1. The Kier molecular flexibility index (Phi) is 6.93. The van der Waals surface area contributed by atoms with Crippen LogP contribution in [0.2, 0.25) is 5.02 Å². The fourth-order valence-electron chi connectivity index (χ4n) is 4.15. The average Bonchev–Trinajstić information content (AvgIpc) is 2.83. The molecule has 1 N–H and O–H groups in total. The standard InChI is InChI=1S/C26H28ClN3O4/c1-4-11-34-26(33)30-10-9-29(15-17(30)3)25(32)19-5-7-20-21(27)14-22(28-23(20)13-19)18-6-8-24(31)16(2)12-18/h5-8,12-14,17,31H,4,9-11,15H2,1-3H3/t17-/m1/s1. The molecule has 0 radical (unpaired) electrons. The maximum absolute atomic E-state index is 13.3. The third-order valence-corrected chi connectivity index (χ3v) is 6.39. The number of halogens is 1. The van der Waals surface area contributed by atoms with E-state index in [9.17, 15) is 14.7 Å². The molecule has 1 atom stereocenters. The van der Waals surface area contributed by atoms with E-state index in [2.05, 4.69) is 0 Å². The Morgan fingerprint density at radius 2 is 1.97 bits per heavy atom. The van der Waals surface area contributed by atoms with Crippen molar-refractivity contribution in [2.45, 2.75) is 33.2 Å². The van der Waals surface area contributed by atoms with E-state index in [1.807, 2.05) is 32.9 Å². The van der Waals surface area contributed by atoms with Crippen molar-refractivity contribution < 1.29 is 19.4 Å². The fourth-order valence-corrected chi connectivity index (χ4v) is 4.41. The lowest BCUT2D eigenvalue weighted by molar-refractivity contribution is 0.0412. The Morgan fingerprint density at radius 1 is 1.18 bits per heavy atom. The predicted molar refractivity (Wildman–Crippen MR) is 132 cm³/mol. The highest BCUT2D eigenvalue weighted by Crippen LogP contribution is 2.31. The lowest BCUT2D eigenvalue weighted by Crippen LogP contribution is -2.55. The number of carbonyl (C=O) groups excluding carboxylic acids is 2. The van der Waals surface area contributed by atoms with Gasteiger partial charge in [0.2, 0.25) is 0 Å². The van der Waals surface area contributed by atoms with Gasteiger partial charge in [0, 0.05) is 42.2 Å². The molecule has 0 unspecified atom stereocenters. The number of phenolic OH excluding ortho intramolecular Hbond substituents is 1. The summed E-state index contributed by atoms with van der Waals surface area (Å²) >= 11 is 6.53. The van der Waals surface area contributed by atoms with E-state index >= 15 is 0 Å². The van der Waals surface area contributed by atoms with Gasteiger partial charge in [-0.3, -0.25) is 4.79 Å². The van der Waals surface area contributed by atoms with Crippen LogP contribution < -0.4 is 0 Å². The summed E-state index contributed by atoms with van der Waals surface area (Å²) < 4.78 is 5.25. The second-order valence-electron chi connectivity index (χ2n) is 8.63. The lowest BCUT2D eigenvalue weighted by atomic mass is 10.0. The molecule has 1 aliphatic heterocycles. The number of hydrogen-bond acceptors (Lipinski definition) is 5. The summed E-state index contributed by atoms with van der Waals surface area (Å²) in [5.41, 5.74) is 3.37. The molecule has 0 spiro atoms. The van der Waals surface area contributed by atoms with Crippen molar-refractivity contribution in [2.75, 3.05) is 26.2 Å². The first-order chi connectivity index (χ1) is 16.3. The van der Waals surface area contributed by atoms with Crippen LogP contribution in [0.1, 0.15) is 36.2 Å². The molecule has 2 amide bonds. The predicted octanol–water partition coefficient (Wildman–Crippen LogP) is 5.26. The fraction of sp³-hybridized carbons (Fsp3) is 0.346. The van der Waals surface area contributed by atoms with Gasteiger partial charge in [0.15, 0.2) is 0 Å². The van der Waals surface area contributed by atoms with Crippen molar-refractivity contribution in [1.82, 2.24) is 14.8 Å². The molecule has 178 valence electrons. The number of aromatic hydroxyl groups is 1. The molecule has 2 aromatic carbocycles. The first-order valence-corrected chi connectivity index (χ1v) is 11.8. The maximum Gasteiger partial charge on any atom is 0.410 e. The molecule has 1 saturated heterocycles. The van der Waals surface area contributed by atoms with Gasteiger partial charge >= 0.3 is 6.09 Å². The minimum atomic E-state index is -0.331. The highest BCUT2D eigenvalue weighted by Gasteiger charge is 2.31. The number of carbonyl (C=O) groups is 2. The Morgan fingerprint density at radius 3 is 2.68 bits per heavy atom. The molecule has 2 heterocycles. The molecule has 1 aliphatic rings. The van der Waals surface area contributed by atoms with Gasteiger partial charge in [0.05, 0.1) is 22.8 Å². The molecule has 1 fully saturated rings. The summed E-state index contributed by atoms with van der Waals surface area (Å²) in [5, 5.41) is 11.1. The number of pyridine rings is 1. The zero-order valence-corrected chi connectivity index (χ0v) is 20.3. The number of amides is 2. The van der Waals surface area contributed by atoms with E-state index in [4.69, 9.17) is 21.3 Å². The van der Waals surface area contributed by atoms with Crippen LogP contribution in [0.4, 0.5) is 4.79 Å². The van der Waals surface area contributed by atoms with Crippen molar-refractivity contribution in [1.29, 1.82) is 0 Å². The van der Waals surface area contributed by atoms with Gasteiger partial charge in [-0.25, -0.2) is 9.78 Å². The highest BCUT2D eigenvalue weighted by atomic mass is 35.5. The highest BCUT2D eigenvalue weighted by molar-refractivity contribution is 6.35. The average molecular weight is 482 g/mol. The number of aryl methyl sites for hydroxylation is 1. The van der Waals surface area contributed by atoms with Crippen molar-refractivity contribution in [3.63, 3.8) is 0 Å². The van der Waals surface area contributed by atoms with E-state index in [1.54, 1.807) is 40.1 Å². The number of ether oxygens (including phenoxy) is 1. The third kappa shape index (κ3) is 4.80. The first-order valence-electron chi connectivity index (χ1n) is 11.4. The van der Waals surface area contributed by atoms with Crippen LogP contribution in [0.3, 0.4) is 0 Å². The number of hydrogen-bond donors (Lipinski definition) is 1. The van der Waals surface area contributed by atoms with Crippen LogP contribution in [0.5, 0.6) is 5.75 Å². The van der Waals surface area contributed by atoms with E-state index < -0.39 is 0 Å². The summed E-state index contributed by atoms with van der Waals surface area (Å²) in [6.45, 7) is 7.37. The SMILES string of the molecule is CCCOC(=O)N1CCN(C(=O)c2ccc3c(Cl)cc(-c4ccc(O)c(C)c4)nc3c2)C[C@H]1C. The topological polar surface area (TPSA) is 83.0 Å². The van der Waals surface area contributed by atoms with Gasteiger partial charge in [0.1, 0.15) is 5.75 Å². The number of piperazine rings is 1. The Bertz CT molecular complexity index is 1250. The Labute approximate surface area is 203 Å². The number of benzene rings is 2. The second kappa shape index (κ2) is 9.89. The van der Waals surface area contributed by atoms with Crippen LogP contribution in [0.25, 0.3) is 22.2 Å². The summed E-state index contributed by atoms with van der Waals surface area (Å²) in [4.78, 5) is 33.7. The molecule has 0 saturated carbocycles. The Hall–Kier alpha value is -3.32. The minimum absolute atomic E-state index is 0.112. The summed E-state index contributed by atoms with van der Waals surface area (Å²) in [7, 11) is 0. The van der Waals surface area contributed by atoms with Crippen LogP contribution >= 0.6 is 11.6 Å². The number of phenols is 1. The van der Waals surface area contributed by atoms with Gasteiger partial charge in [0.25, 0.3) is 5.91 Å². The van der Waals surface area contributed by atoms with Crippen LogP contribution in [-0.2, 0) is 4.74 Å². The third-order valence-electron chi connectivity index (χ3n) is 6.08. The number of nitrogens with zero attached hydrogens (tertiary/aromatic N) is 3. The van der Waals surface area contributed by atoms with Crippen molar-refractivity contribution >= 4 is 34.5 Å². The van der Waals surface area contributed by atoms with E-state index in [1.165, 1.54) is 0 Å².